The van der Waals surface area contributed by atoms with Crippen molar-refractivity contribution in [3.8, 4) is 17.2 Å². The van der Waals surface area contributed by atoms with Gasteiger partial charge < -0.3 is 86.3 Å². The normalized spacial score (nSPS) is 16.3. The van der Waals surface area contributed by atoms with E-state index >= 15 is 0 Å². The number of nitrogens with zero attached hydrogens (tertiary/aromatic N) is 6. The third kappa shape index (κ3) is 25.8. The number of carbonyl (C=O) groups excluding carboxylic acids is 5. The van der Waals surface area contributed by atoms with Gasteiger partial charge in [0.05, 0.1) is 193 Å². The maximum Gasteiger partial charge on any atom is 0.257 e. The second-order valence-electron chi connectivity index (χ2n) is 23.4. The van der Waals surface area contributed by atoms with Gasteiger partial charge in [-0.15, -0.1) is 0 Å². The highest BCUT2D eigenvalue weighted by Crippen LogP contribution is 2.40. The lowest BCUT2D eigenvalue weighted by molar-refractivity contribution is -0.137. The van der Waals surface area contributed by atoms with Crippen molar-refractivity contribution in [2.75, 3.05) is 185 Å². The molecule has 8 rings (SSSR count). The molecule has 534 valence electrons. The Morgan fingerprint density at radius 2 is 0.959 bits per heavy atom. The molecule has 5 heterocycles. The SMILES string of the molecule is C=C1C[C@H]2C=Nc3cc(OCc4cc(/C=N/OCCOCCOCCOCCOCCOCCOCCOCCOCCOCCOCCOCCNC(=O)CCCCCN5C(=O)C=CC5=O)cc(COc5cc6c(cc5OC)C(=O)N5CC(=C)C[C@H]5C=N6)c4)c(C)cc3C(=O)N2C1. The molecule has 0 radical (unpaired) electrons. The maximum absolute atomic E-state index is 13.6. The Morgan fingerprint density at radius 3 is 1.43 bits per heavy atom. The molecule has 0 unspecified atom stereocenters. The van der Waals surface area contributed by atoms with Gasteiger partial charge >= 0.3 is 0 Å². The highest BCUT2D eigenvalue weighted by Gasteiger charge is 2.36. The first-order valence-corrected chi connectivity index (χ1v) is 33.5. The summed E-state index contributed by atoms with van der Waals surface area (Å²) in [6, 6.07) is 12.7. The largest absolute Gasteiger partial charge is 0.493 e. The van der Waals surface area contributed by atoms with E-state index in [-0.39, 0.29) is 61.4 Å². The van der Waals surface area contributed by atoms with Gasteiger partial charge in [-0.1, -0.05) is 35.9 Å². The van der Waals surface area contributed by atoms with Gasteiger partial charge in [0, 0.05) is 69.3 Å². The molecule has 0 aromatic heterocycles. The second-order valence-corrected chi connectivity index (χ2v) is 23.4. The van der Waals surface area contributed by atoms with Crippen molar-refractivity contribution in [3.63, 3.8) is 0 Å². The number of benzene rings is 3. The monoisotopic (exact) mass is 1370 g/mol. The number of hydrogen-bond acceptors (Lipinski definition) is 23. The third-order valence-electron chi connectivity index (χ3n) is 15.8. The zero-order valence-electron chi connectivity index (χ0n) is 56.6. The van der Waals surface area contributed by atoms with Crippen LogP contribution in [0.5, 0.6) is 17.2 Å². The minimum Gasteiger partial charge on any atom is -0.493 e. The van der Waals surface area contributed by atoms with E-state index in [4.69, 9.17) is 76.1 Å². The van der Waals surface area contributed by atoms with Crippen molar-refractivity contribution in [1.29, 1.82) is 0 Å². The van der Waals surface area contributed by atoms with Crippen LogP contribution < -0.4 is 19.5 Å². The van der Waals surface area contributed by atoms with Crippen LogP contribution in [0.2, 0.25) is 0 Å². The summed E-state index contributed by atoms with van der Waals surface area (Å²) in [7, 11) is 1.54. The van der Waals surface area contributed by atoms with E-state index in [2.05, 4.69) is 28.6 Å². The molecule has 0 aliphatic carbocycles. The van der Waals surface area contributed by atoms with Crippen LogP contribution in [0.3, 0.4) is 0 Å². The number of amides is 5. The summed E-state index contributed by atoms with van der Waals surface area (Å²) < 4.78 is 79.7. The first-order chi connectivity index (χ1) is 47.9. The minimum absolute atomic E-state index is 0.0534. The fraction of sp³-hybridized carbons (Fsp3) is 0.549. The molecule has 3 aromatic carbocycles. The summed E-state index contributed by atoms with van der Waals surface area (Å²) in [4.78, 5) is 82.0. The molecule has 3 aromatic rings. The van der Waals surface area contributed by atoms with Crippen LogP contribution in [-0.4, -0.2) is 260 Å². The smallest absolute Gasteiger partial charge is 0.257 e. The van der Waals surface area contributed by atoms with E-state index in [1.165, 1.54) is 24.2 Å². The van der Waals surface area contributed by atoms with Crippen molar-refractivity contribution in [1.82, 2.24) is 20.0 Å². The second kappa shape index (κ2) is 42.9. The Morgan fingerprint density at radius 1 is 0.531 bits per heavy atom. The Bertz CT molecular complexity index is 3190. The number of imide groups is 1. The molecule has 1 N–H and O–H groups in total. The number of methoxy groups -OCH3 is 1. The van der Waals surface area contributed by atoms with Crippen LogP contribution in [-0.2, 0) is 84.5 Å². The van der Waals surface area contributed by atoms with Crippen LogP contribution >= 0.6 is 0 Å². The van der Waals surface area contributed by atoms with E-state index in [1.807, 2.05) is 48.4 Å². The number of unbranched alkanes of at least 4 members (excludes halogenated alkanes) is 2. The van der Waals surface area contributed by atoms with Gasteiger partial charge in [-0.25, -0.2) is 0 Å². The standard InChI is InChI=1S/C71H95N7O20/c1-52-36-58-46-73-62-43-64(54(3)38-60(62)70(82)77(58)48-52)96-50-56-39-55(40-57(41-56)51-97-66-44-63-61(42-65(66)84-4)71(83)78-49-53(2)37-59(78)47-74-63)45-75-98-35-34-95-33-32-94-31-30-93-29-28-92-27-26-91-25-24-90-23-22-89-21-20-88-19-18-87-17-16-86-15-14-85-13-11-72-67(79)8-6-5-7-12-76-68(80)9-10-69(76)81/h9-10,38-47,58-59H,1-2,5-8,11-37,48-51H2,3-4H3,(H,72,79)/b75-45+/t58-,59-/m0/s1. The van der Waals surface area contributed by atoms with E-state index < -0.39 is 0 Å². The Hall–Kier alpha value is -7.80. The molecule has 27 heteroatoms. The van der Waals surface area contributed by atoms with Crippen LogP contribution in [0.1, 0.15) is 81.5 Å². The highest BCUT2D eigenvalue weighted by molar-refractivity contribution is 6.13. The molecule has 5 amide bonds. The van der Waals surface area contributed by atoms with E-state index in [0.29, 0.717) is 243 Å². The van der Waals surface area contributed by atoms with Gasteiger partial charge in [0.25, 0.3) is 23.6 Å². The molecule has 27 nitrogen and oxygen atoms in total. The van der Waals surface area contributed by atoms with Gasteiger partial charge in [-0.05, 0) is 85.2 Å². The number of fused-ring (bicyclic) bond motifs is 4. The summed E-state index contributed by atoms with van der Waals surface area (Å²) in [6.07, 6.45) is 11.6. The zero-order valence-corrected chi connectivity index (χ0v) is 56.6. The number of ether oxygens (including phenoxy) is 14. The summed E-state index contributed by atoms with van der Waals surface area (Å²) in [6.45, 7) is 21.8. The van der Waals surface area contributed by atoms with Gasteiger partial charge in [0.2, 0.25) is 5.91 Å². The molecule has 5 aliphatic rings. The lowest BCUT2D eigenvalue weighted by atomic mass is 10.1. The van der Waals surface area contributed by atoms with Gasteiger partial charge in [0.15, 0.2) is 11.5 Å². The maximum atomic E-state index is 13.6. The Labute approximate surface area is 573 Å². The first-order valence-electron chi connectivity index (χ1n) is 33.5. The topological polar surface area (TPSA) is 283 Å². The number of aliphatic imine (C=N–C) groups is 2. The van der Waals surface area contributed by atoms with Crippen molar-refractivity contribution in [2.24, 2.45) is 15.1 Å². The van der Waals surface area contributed by atoms with Crippen molar-refractivity contribution < 1.29 is 95.1 Å². The molecular formula is C71H95N7O20. The lowest BCUT2D eigenvalue weighted by Gasteiger charge is -2.20. The summed E-state index contributed by atoms with van der Waals surface area (Å²) in [5.41, 5.74) is 7.18. The van der Waals surface area contributed by atoms with Gasteiger partial charge in [0.1, 0.15) is 25.6 Å². The number of rotatable bonds is 51. The lowest BCUT2D eigenvalue weighted by Crippen LogP contribution is -2.35. The molecule has 0 spiro atoms. The molecule has 2 saturated heterocycles. The molecule has 0 saturated carbocycles. The predicted octanol–water partition coefficient (Wildman–Crippen LogP) is 6.27. The third-order valence-corrected chi connectivity index (χ3v) is 15.8. The van der Waals surface area contributed by atoms with E-state index in [9.17, 15) is 24.0 Å². The molecule has 5 aliphatic heterocycles. The molecule has 2 atom stereocenters. The Kier molecular flexibility index (Phi) is 33.2. The van der Waals surface area contributed by atoms with Crippen molar-refractivity contribution >= 4 is 59.6 Å². The Balaban J connectivity index is 0.588. The molecule has 2 fully saturated rings. The summed E-state index contributed by atoms with van der Waals surface area (Å²) in [5.74, 6) is 0.612. The van der Waals surface area contributed by atoms with Crippen LogP contribution in [0.25, 0.3) is 0 Å². The first kappa shape index (κ1) is 76.0. The summed E-state index contributed by atoms with van der Waals surface area (Å²) >= 11 is 0. The number of aryl methyl sites for hydroxylation is 1. The fourth-order valence-corrected chi connectivity index (χ4v) is 10.9. The molecule has 0 bridgehead atoms. The fourth-order valence-electron chi connectivity index (χ4n) is 10.9. The van der Waals surface area contributed by atoms with Gasteiger partial charge in [-0.3, -0.25) is 38.9 Å². The molecular weight excluding hydrogens is 1270 g/mol. The minimum atomic E-state index is -0.280. The molecule has 98 heavy (non-hydrogen) atoms. The van der Waals surface area contributed by atoms with E-state index in [1.54, 1.807) is 29.5 Å². The van der Waals surface area contributed by atoms with Crippen molar-refractivity contribution in [2.45, 2.75) is 70.7 Å². The van der Waals surface area contributed by atoms with Crippen molar-refractivity contribution in [3.05, 3.63) is 112 Å². The average Bonchev–Trinajstić information content (AvgIpc) is 1.60. The average molecular weight is 1370 g/mol. The van der Waals surface area contributed by atoms with Gasteiger partial charge in [-0.2, -0.15) is 0 Å². The summed E-state index contributed by atoms with van der Waals surface area (Å²) in [5, 5.41) is 7.04. The quantitative estimate of drug-likeness (QED) is 0.0214. The van der Waals surface area contributed by atoms with Crippen LogP contribution in [0.4, 0.5) is 11.4 Å². The number of oxime groups is 1. The van der Waals surface area contributed by atoms with E-state index in [0.717, 1.165) is 39.8 Å². The number of carbonyl (C=O) groups is 5. The highest BCUT2D eigenvalue weighted by atomic mass is 16.6. The number of hydrogen-bond donors (Lipinski definition) is 1. The van der Waals surface area contributed by atoms with Crippen LogP contribution in [0, 0.1) is 6.92 Å². The van der Waals surface area contributed by atoms with Crippen LogP contribution in [0.15, 0.2) is 94.1 Å². The predicted molar refractivity (Wildman–Crippen MR) is 363 cm³/mol. The zero-order chi connectivity index (χ0) is 68.9. The number of nitrogens with one attached hydrogen (secondary N) is 1.